The summed E-state index contributed by atoms with van der Waals surface area (Å²) in [7, 11) is -4.31. The normalized spacial score (nSPS) is 13.7. The predicted octanol–water partition coefficient (Wildman–Crippen LogP) is 11.7. The summed E-state index contributed by atoms with van der Waals surface area (Å²) >= 11 is 0. The number of unbranched alkanes of at least 4 members (excludes halogenated alkanes) is 22. The smallest absolute Gasteiger partial charge is 0.266 e. The van der Waals surface area contributed by atoms with Gasteiger partial charge in [-0.1, -0.05) is 179 Å². The summed E-state index contributed by atoms with van der Waals surface area (Å²) in [5.41, 5.74) is 0. The zero-order valence-corrected chi connectivity index (χ0v) is 32.2. The summed E-state index contributed by atoms with van der Waals surface area (Å²) in [6, 6.07) is -0.973. The molecule has 0 saturated carbocycles. The van der Waals surface area contributed by atoms with Gasteiger partial charge in [0.2, 0.25) is 5.91 Å². The zero-order valence-electron chi connectivity index (χ0n) is 31.4. The lowest BCUT2D eigenvalue weighted by atomic mass is 10.0. The molecular weight excluding hydrogens is 619 g/mol. The maximum absolute atomic E-state index is 12.5. The Morgan fingerprint density at radius 2 is 0.938 bits per heavy atom. The van der Waals surface area contributed by atoms with Gasteiger partial charge in [-0.05, 0) is 51.4 Å². The zero-order chi connectivity index (χ0) is 35.4. The Morgan fingerprint density at radius 1 is 0.562 bits per heavy atom. The standard InChI is InChI=1S/C41H77NO5S/c1-3-5-7-9-11-13-15-16-17-18-19-20-21-22-23-24-25-26-27-29-31-33-35-37-41(44)42-39(38-48(45,46)47)40(43)36-34-32-30-28-14-12-10-8-6-4-2/h15-16,18-19,21-22,39-40,43H,3-14,17,20,23-38H2,1-2H3,(H,42,44)(H,45,46,47)/b16-15-,19-18-,22-21-. The van der Waals surface area contributed by atoms with Gasteiger partial charge in [-0.15, -0.1) is 0 Å². The van der Waals surface area contributed by atoms with Crippen LogP contribution in [0.2, 0.25) is 0 Å². The minimum Gasteiger partial charge on any atom is -0.391 e. The molecule has 0 aliphatic heterocycles. The fourth-order valence-electron chi connectivity index (χ4n) is 6.05. The van der Waals surface area contributed by atoms with E-state index < -0.39 is 28.0 Å². The van der Waals surface area contributed by atoms with E-state index in [2.05, 4.69) is 55.6 Å². The van der Waals surface area contributed by atoms with E-state index in [1.165, 1.54) is 116 Å². The Morgan fingerprint density at radius 3 is 1.38 bits per heavy atom. The topological polar surface area (TPSA) is 104 Å². The van der Waals surface area contributed by atoms with Crippen LogP contribution in [0, 0.1) is 0 Å². The van der Waals surface area contributed by atoms with Gasteiger partial charge in [0, 0.05) is 6.42 Å². The van der Waals surface area contributed by atoms with Gasteiger partial charge in [-0.2, -0.15) is 8.42 Å². The average Bonchev–Trinajstić information content (AvgIpc) is 3.05. The number of aliphatic hydroxyl groups is 1. The van der Waals surface area contributed by atoms with Crippen molar-refractivity contribution < 1.29 is 22.9 Å². The van der Waals surface area contributed by atoms with Gasteiger partial charge in [0.05, 0.1) is 17.9 Å². The summed E-state index contributed by atoms with van der Waals surface area (Å²) in [5, 5.41) is 13.3. The van der Waals surface area contributed by atoms with E-state index in [9.17, 15) is 22.9 Å². The van der Waals surface area contributed by atoms with Crippen LogP contribution >= 0.6 is 0 Å². The molecular formula is C41H77NO5S. The van der Waals surface area contributed by atoms with E-state index in [-0.39, 0.29) is 5.91 Å². The first-order valence-corrected chi connectivity index (χ1v) is 21.8. The Balaban J connectivity index is 3.83. The molecule has 7 heteroatoms. The van der Waals surface area contributed by atoms with Crippen molar-refractivity contribution in [3.63, 3.8) is 0 Å². The molecule has 0 radical (unpaired) electrons. The van der Waals surface area contributed by atoms with E-state index in [0.29, 0.717) is 12.8 Å². The number of rotatable bonds is 36. The lowest BCUT2D eigenvalue weighted by Crippen LogP contribution is -2.47. The van der Waals surface area contributed by atoms with Gasteiger partial charge in [0.25, 0.3) is 10.1 Å². The molecule has 0 aromatic carbocycles. The Labute approximate surface area is 297 Å². The van der Waals surface area contributed by atoms with Gasteiger partial charge in [0.15, 0.2) is 0 Å². The van der Waals surface area contributed by atoms with Crippen molar-refractivity contribution in [2.75, 3.05) is 5.75 Å². The molecule has 48 heavy (non-hydrogen) atoms. The third-order valence-corrected chi connectivity index (χ3v) is 9.88. The quantitative estimate of drug-likeness (QED) is 0.0344. The number of hydrogen-bond donors (Lipinski definition) is 3. The van der Waals surface area contributed by atoms with Crippen LogP contribution in [0.1, 0.15) is 200 Å². The first-order valence-electron chi connectivity index (χ1n) is 20.2. The van der Waals surface area contributed by atoms with Crippen molar-refractivity contribution >= 4 is 16.0 Å². The molecule has 0 saturated heterocycles. The predicted molar refractivity (Wildman–Crippen MR) is 207 cm³/mol. The van der Waals surface area contributed by atoms with E-state index >= 15 is 0 Å². The third kappa shape index (κ3) is 35.9. The first kappa shape index (κ1) is 46.6. The van der Waals surface area contributed by atoms with E-state index in [0.717, 1.165) is 57.8 Å². The highest BCUT2D eigenvalue weighted by atomic mass is 32.2. The molecule has 2 unspecified atom stereocenters. The lowest BCUT2D eigenvalue weighted by molar-refractivity contribution is -0.122. The molecule has 0 fully saturated rings. The number of allylic oxidation sites excluding steroid dienone is 6. The molecule has 0 aliphatic carbocycles. The fourth-order valence-corrected chi connectivity index (χ4v) is 6.81. The van der Waals surface area contributed by atoms with Crippen molar-refractivity contribution in [2.45, 2.75) is 212 Å². The molecule has 0 rings (SSSR count). The average molecular weight is 696 g/mol. The summed E-state index contributed by atoms with van der Waals surface area (Å²) in [6.45, 7) is 4.48. The van der Waals surface area contributed by atoms with Crippen molar-refractivity contribution in [1.29, 1.82) is 0 Å². The molecule has 0 bridgehead atoms. The van der Waals surface area contributed by atoms with Gasteiger partial charge < -0.3 is 10.4 Å². The molecule has 282 valence electrons. The molecule has 0 aromatic heterocycles. The van der Waals surface area contributed by atoms with Crippen molar-refractivity contribution in [1.82, 2.24) is 5.32 Å². The molecule has 0 aromatic rings. The number of carbonyl (C=O) groups is 1. The number of amides is 1. The summed E-state index contributed by atoms with van der Waals surface area (Å²) in [5.74, 6) is -0.906. The molecule has 0 aliphatic rings. The highest BCUT2D eigenvalue weighted by Crippen LogP contribution is 2.15. The second kappa shape index (κ2) is 35.4. The van der Waals surface area contributed by atoms with Crippen LogP contribution in [0.3, 0.4) is 0 Å². The Kier molecular flexibility index (Phi) is 34.3. The van der Waals surface area contributed by atoms with Crippen LogP contribution in [-0.2, 0) is 14.9 Å². The Hall–Kier alpha value is -1.44. The van der Waals surface area contributed by atoms with Crippen LogP contribution in [0.25, 0.3) is 0 Å². The summed E-state index contributed by atoms with van der Waals surface area (Å²) in [6.07, 6.45) is 45.3. The number of aliphatic hydroxyl groups excluding tert-OH is 1. The summed E-state index contributed by atoms with van der Waals surface area (Å²) < 4.78 is 32.4. The monoisotopic (exact) mass is 696 g/mol. The van der Waals surface area contributed by atoms with Gasteiger partial charge in [0.1, 0.15) is 0 Å². The van der Waals surface area contributed by atoms with Crippen LogP contribution in [0.15, 0.2) is 36.5 Å². The molecule has 2 atom stereocenters. The minimum absolute atomic E-state index is 0.255. The van der Waals surface area contributed by atoms with Gasteiger partial charge in [-0.3, -0.25) is 9.35 Å². The Bertz CT molecular complexity index is 899. The number of nitrogens with one attached hydrogen (secondary N) is 1. The molecule has 0 spiro atoms. The van der Waals surface area contributed by atoms with Gasteiger partial charge in [-0.25, -0.2) is 0 Å². The van der Waals surface area contributed by atoms with E-state index in [1.54, 1.807) is 0 Å². The van der Waals surface area contributed by atoms with Crippen LogP contribution < -0.4 is 5.32 Å². The van der Waals surface area contributed by atoms with E-state index in [1.807, 2.05) is 0 Å². The number of hydrogen-bond acceptors (Lipinski definition) is 4. The molecule has 0 heterocycles. The van der Waals surface area contributed by atoms with Crippen molar-refractivity contribution in [2.24, 2.45) is 0 Å². The lowest BCUT2D eigenvalue weighted by Gasteiger charge is -2.23. The second-order valence-corrected chi connectivity index (χ2v) is 15.4. The largest absolute Gasteiger partial charge is 0.391 e. The maximum Gasteiger partial charge on any atom is 0.266 e. The molecule has 1 amide bonds. The summed E-state index contributed by atoms with van der Waals surface area (Å²) in [4.78, 5) is 12.5. The maximum atomic E-state index is 12.5. The fraction of sp³-hybridized carbons (Fsp3) is 0.829. The van der Waals surface area contributed by atoms with Crippen molar-refractivity contribution in [3.05, 3.63) is 36.5 Å². The molecule has 6 nitrogen and oxygen atoms in total. The first-order chi connectivity index (χ1) is 23.3. The van der Waals surface area contributed by atoms with Crippen LogP contribution in [-0.4, -0.2) is 41.9 Å². The van der Waals surface area contributed by atoms with E-state index in [4.69, 9.17) is 0 Å². The second-order valence-electron chi connectivity index (χ2n) is 13.9. The SMILES string of the molecule is CCCCCCC/C=C\C/C=C\C/C=C\CCCCCCCCCCC(=O)NC(CS(=O)(=O)O)C(O)CCCCCCCCCCCC. The minimum atomic E-state index is -4.31. The highest BCUT2D eigenvalue weighted by molar-refractivity contribution is 7.85. The van der Waals surface area contributed by atoms with Gasteiger partial charge >= 0.3 is 0 Å². The van der Waals surface area contributed by atoms with Crippen LogP contribution in [0.4, 0.5) is 0 Å². The highest BCUT2D eigenvalue weighted by Gasteiger charge is 2.26. The van der Waals surface area contributed by atoms with Crippen molar-refractivity contribution in [3.8, 4) is 0 Å². The van der Waals surface area contributed by atoms with Crippen LogP contribution in [0.5, 0.6) is 0 Å². The third-order valence-electron chi connectivity index (χ3n) is 9.10. The number of carbonyl (C=O) groups excluding carboxylic acids is 1. The molecule has 3 N–H and O–H groups in total.